The maximum absolute atomic E-state index is 12.3. The summed E-state index contributed by atoms with van der Waals surface area (Å²) in [7, 11) is 3.31. The van der Waals surface area contributed by atoms with Crippen LogP contribution in [0.1, 0.15) is 66.3 Å². The standard InChI is InChI=1S/C22H33N7O3/c1-7-19(30)28-10-8-16(9-11-28)13-23-20(21-24-25-26-29(21)14(2)3)18-12-17(22(31)32-6)15(4)27(18)5/h7,12,14,16,20,23H,1,8-11,13H2,2-6H3. The number of hydrogen-bond donors (Lipinski definition) is 1. The van der Waals surface area contributed by atoms with E-state index in [2.05, 4.69) is 27.4 Å². The van der Waals surface area contributed by atoms with Gasteiger partial charge in [-0.15, -0.1) is 5.10 Å². The molecule has 1 N–H and O–H groups in total. The van der Waals surface area contributed by atoms with Crippen molar-refractivity contribution in [3.05, 3.63) is 41.5 Å². The predicted octanol–water partition coefficient (Wildman–Crippen LogP) is 1.79. The summed E-state index contributed by atoms with van der Waals surface area (Å²) in [5.74, 6) is 0.721. The first-order valence-corrected chi connectivity index (χ1v) is 10.9. The van der Waals surface area contributed by atoms with Gasteiger partial charge >= 0.3 is 5.97 Å². The van der Waals surface area contributed by atoms with Gasteiger partial charge in [0.1, 0.15) is 6.04 Å². The van der Waals surface area contributed by atoms with Gasteiger partial charge in [-0.05, 0) is 68.6 Å². The highest BCUT2D eigenvalue weighted by molar-refractivity contribution is 5.91. The van der Waals surface area contributed by atoms with Gasteiger partial charge in [0.15, 0.2) is 5.82 Å². The zero-order valence-corrected chi connectivity index (χ0v) is 19.5. The first kappa shape index (κ1) is 23.6. The first-order chi connectivity index (χ1) is 15.3. The van der Waals surface area contributed by atoms with E-state index < -0.39 is 0 Å². The molecule has 1 aliphatic heterocycles. The summed E-state index contributed by atoms with van der Waals surface area (Å²) in [5.41, 5.74) is 2.23. The molecule has 1 unspecified atom stereocenters. The van der Waals surface area contributed by atoms with E-state index in [4.69, 9.17) is 4.74 Å². The van der Waals surface area contributed by atoms with Crippen LogP contribution in [0.5, 0.6) is 0 Å². The number of aromatic nitrogens is 5. The maximum Gasteiger partial charge on any atom is 0.339 e. The molecule has 0 spiro atoms. The number of carbonyl (C=O) groups excluding carboxylic acids is 2. The number of tetrazole rings is 1. The number of ether oxygens (including phenoxy) is 1. The minimum absolute atomic E-state index is 0.0139. The molecule has 174 valence electrons. The van der Waals surface area contributed by atoms with E-state index in [-0.39, 0.29) is 24.0 Å². The molecule has 1 saturated heterocycles. The van der Waals surface area contributed by atoms with Crippen LogP contribution >= 0.6 is 0 Å². The fourth-order valence-electron chi connectivity index (χ4n) is 4.17. The van der Waals surface area contributed by atoms with E-state index in [1.165, 1.54) is 13.2 Å². The summed E-state index contributed by atoms with van der Waals surface area (Å²) < 4.78 is 8.73. The lowest BCUT2D eigenvalue weighted by molar-refractivity contribution is -0.127. The summed E-state index contributed by atoms with van der Waals surface area (Å²) in [4.78, 5) is 26.0. The molecule has 2 aromatic rings. The van der Waals surface area contributed by atoms with Crippen LogP contribution in [-0.2, 0) is 16.6 Å². The Hall–Kier alpha value is -3.01. The third-order valence-electron chi connectivity index (χ3n) is 6.25. The minimum Gasteiger partial charge on any atom is -0.465 e. The Morgan fingerprint density at radius 3 is 2.62 bits per heavy atom. The molecule has 1 amide bonds. The number of hydrogen-bond acceptors (Lipinski definition) is 7. The fourth-order valence-corrected chi connectivity index (χ4v) is 4.17. The summed E-state index contributed by atoms with van der Waals surface area (Å²) in [6.07, 6.45) is 3.19. The van der Waals surface area contributed by atoms with Crippen molar-refractivity contribution in [3.8, 4) is 0 Å². The van der Waals surface area contributed by atoms with Crippen molar-refractivity contribution in [1.82, 2.24) is 35.0 Å². The van der Waals surface area contributed by atoms with Crippen molar-refractivity contribution in [2.75, 3.05) is 26.7 Å². The number of methoxy groups -OCH3 is 1. The fraction of sp³-hybridized carbons (Fsp3) is 0.591. The van der Waals surface area contributed by atoms with E-state index in [1.807, 2.05) is 43.4 Å². The lowest BCUT2D eigenvalue weighted by Gasteiger charge is -2.32. The van der Waals surface area contributed by atoms with Crippen LogP contribution in [0.15, 0.2) is 18.7 Å². The first-order valence-electron chi connectivity index (χ1n) is 10.9. The van der Waals surface area contributed by atoms with Crippen molar-refractivity contribution in [1.29, 1.82) is 0 Å². The minimum atomic E-state index is -0.370. The molecule has 0 radical (unpaired) electrons. The Labute approximate surface area is 188 Å². The molecule has 10 nitrogen and oxygen atoms in total. The van der Waals surface area contributed by atoms with E-state index in [9.17, 15) is 9.59 Å². The van der Waals surface area contributed by atoms with E-state index in [0.717, 1.165) is 43.9 Å². The van der Waals surface area contributed by atoms with Crippen molar-refractivity contribution in [2.45, 2.75) is 45.7 Å². The van der Waals surface area contributed by atoms with Gasteiger partial charge in [-0.3, -0.25) is 4.79 Å². The predicted molar refractivity (Wildman–Crippen MR) is 119 cm³/mol. The Kier molecular flexibility index (Phi) is 7.44. The van der Waals surface area contributed by atoms with Crippen LogP contribution < -0.4 is 5.32 Å². The number of piperidine rings is 1. The molecule has 1 fully saturated rings. The maximum atomic E-state index is 12.3. The van der Waals surface area contributed by atoms with E-state index >= 15 is 0 Å². The van der Waals surface area contributed by atoms with Gasteiger partial charge in [-0.25, -0.2) is 9.48 Å². The van der Waals surface area contributed by atoms with Crippen molar-refractivity contribution in [3.63, 3.8) is 0 Å². The van der Waals surface area contributed by atoms with Gasteiger partial charge in [0, 0.05) is 31.5 Å². The third-order valence-corrected chi connectivity index (χ3v) is 6.25. The Bertz CT molecular complexity index is 970. The molecule has 1 atom stereocenters. The molecular weight excluding hydrogens is 410 g/mol. The molecular formula is C22H33N7O3. The van der Waals surface area contributed by atoms with Crippen LogP contribution in [0.4, 0.5) is 0 Å². The number of amides is 1. The zero-order chi connectivity index (χ0) is 23.4. The second kappa shape index (κ2) is 10.1. The largest absolute Gasteiger partial charge is 0.465 e. The number of rotatable bonds is 8. The molecule has 32 heavy (non-hydrogen) atoms. The molecule has 1 aliphatic rings. The Morgan fingerprint density at radius 1 is 1.34 bits per heavy atom. The summed E-state index contributed by atoms with van der Waals surface area (Å²) in [5, 5.41) is 16.0. The van der Waals surface area contributed by atoms with Gasteiger partial charge in [-0.2, -0.15) is 0 Å². The van der Waals surface area contributed by atoms with E-state index in [1.54, 1.807) is 4.68 Å². The second-order valence-electron chi connectivity index (χ2n) is 8.51. The molecule has 0 bridgehead atoms. The Morgan fingerprint density at radius 2 is 2.03 bits per heavy atom. The lowest BCUT2D eigenvalue weighted by Crippen LogP contribution is -2.41. The highest BCUT2D eigenvalue weighted by Crippen LogP contribution is 2.27. The zero-order valence-electron chi connectivity index (χ0n) is 19.5. The van der Waals surface area contributed by atoms with E-state index in [0.29, 0.717) is 17.3 Å². The molecule has 3 heterocycles. The van der Waals surface area contributed by atoms with Gasteiger partial charge in [0.05, 0.1) is 18.7 Å². The molecule has 0 aromatic carbocycles. The van der Waals surface area contributed by atoms with Crippen molar-refractivity contribution < 1.29 is 14.3 Å². The number of likely N-dealkylation sites (tertiary alicyclic amines) is 1. The molecule has 0 aliphatic carbocycles. The van der Waals surface area contributed by atoms with Crippen LogP contribution in [-0.4, -0.2) is 68.3 Å². The molecule has 3 rings (SSSR count). The highest BCUT2D eigenvalue weighted by atomic mass is 16.5. The average molecular weight is 444 g/mol. The topological polar surface area (TPSA) is 107 Å². The molecule has 0 saturated carbocycles. The second-order valence-corrected chi connectivity index (χ2v) is 8.51. The highest BCUT2D eigenvalue weighted by Gasteiger charge is 2.29. The monoisotopic (exact) mass is 443 g/mol. The number of esters is 1. The number of nitrogens with one attached hydrogen (secondary N) is 1. The molecule has 2 aromatic heterocycles. The Balaban J connectivity index is 1.85. The quantitative estimate of drug-likeness (QED) is 0.490. The average Bonchev–Trinajstić information content (AvgIpc) is 3.40. The van der Waals surface area contributed by atoms with Crippen LogP contribution in [0.3, 0.4) is 0 Å². The SMILES string of the molecule is C=CC(=O)N1CCC(CNC(c2nnnn2C(C)C)c2cc(C(=O)OC)c(C)n2C)CC1. The van der Waals surface area contributed by atoms with Crippen molar-refractivity contribution >= 4 is 11.9 Å². The van der Waals surface area contributed by atoms with Gasteiger partial charge in [0.25, 0.3) is 0 Å². The summed E-state index contributed by atoms with van der Waals surface area (Å²) in [6, 6.07) is 1.63. The normalized spacial score (nSPS) is 15.8. The van der Waals surface area contributed by atoms with Gasteiger partial charge in [0.2, 0.25) is 5.91 Å². The number of nitrogens with zero attached hydrogens (tertiary/aromatic N) is 6. The summed E-state index contributed by atoms with van der Waals surface area (Å²) >= 11 is 0. The molecule has 10 heteroatoms. The number of carbonyl (C=O) groups is 2. The van der Waals surface area contributed by atoms with Crippen molar-refractivity contribution in [2.24, 2.45) is 13.0 Å². The van der Waals surface area contributed by atoms with Crippen LogP contribution in [0, 0.1) is 12.8 Å². The van der Waals surface area contributed by atoms with Crippen LogP contribution in [0.2, 0.25) is 0 Å². The summed E-state index contributed by atoms with van der Waals surface area (Å²) in [6.45, 7) is 11.7. The smallest absolute Gasteiger partial charge is 0.339 e. The van der Waals surface area contributed by atoms with Gasteiger partial charge < -0.3 is 19.5 Å². The lowest BCUT2D eigenvalue weighted by atomic mass is 9.96. The third kappa shape index (κ3) is 4.74. The van der Waals surface area contributed by atoms with Crippen LogP contribution in [0.25, 0.3) is 0 Å². The van der Waals surface area contributed by atoms with Gasteiger partial charge in [-0.1, -0.05) is 6.58 Å².